The number of thioether (sulfide) groups is 1. The van der Waals surface area contributed by atoms with Crippen LogP contribution in [0, 0.1) is 0 Å². The van der Waals surface area contributed by atoms with Gasteiger partial charge in [-0.25, -0.2) is 0 Å². The summed E-state index contributed by atoms with van der Waals surface area (Å²) in [4.78, 5) is 12.8. The van der Waals surface area contributed by atoms with E-state index in [1.807, 2.05) is 48.5 Å². The highest BCUT2D eigenvalue weighted by Gasteiger charge is 2.05. The normalized spacial score (nSPS) is 10.2. The maximum atomic E-state index is 11.8. The van der Waals surface area contributed by atoms with Crippen LogP contribution in [0.1, 0.15) is 6.42 Å². The quantitative estimate of drug-likeness (QED) is 0.628. The lowest BCUT2D eigenvalue weighted by molar-refractivity contribution is -0.115. The molecule has 0 aromatic heterocycles. The molecule has 0 unspecified atom stereocenters. The summed E-state index contributed by atoms with van der Waals surface area (Å²) in [6.07, 6.45) is 0.450. The van der Waals surface area contributed by atoms with Crippen molar-refractivity contribution >= 4 is 45.0 Å². The zero-order valence-corrected chi connectivity index (χ0v) is 13.2. The van der Waals surface area contributed by atoms with Crippen molar-refractivity contribution in [2.45, 2.75) is 11.3 Å². The lowest BCUT2D eigenvalue weighted by Gasteiger charge is -2.07. The first kappa shape index (κ1) is 14.9. The molecular weight excluding hydrogens is 336 g/mol. The minimum absolute atomic E-state index is 0.0114. The zero-order chi connectivity index (χ0) is 14.4. The van der Waals surface area contributed by atoms with Gasteiger partial charge in [0, 0.05) is 32.9 Å². The Labute approximate surface area is 131 Å². The Hall–Kier alpha value is -1.46. The minimum Gasteiger partial charge on any atom is -0.398 e. The van der Waals surface area contributed by atoms with Gasteiger partial charge in [-0.1, -0.05) is 34.1 Å². The third-order valence-electron chi connectivity index (χ3n) is 2.62. The van der Waals surface area contributed by atoms with Crippen molar-refractivity contribution in [2.75, 3.05) is 16.8 Å². The summed E-state index contributed by atoms with van der Waals surface area (Å²) in [5, 5.41) is 2.86. The average molecular weight is 351 g/mol. The highest BCUT2D eigenvalue weighted by Crippen LogP contribution is 2.28. The molecule has 1 amide bonds. The average Bonchev–Trinajstić information content (AvgIpc) is 2.44. The molecule has 0 saturated carbocycles. The van der Waals surface area contributed by atoms with Crippen molar-refractivity contribution in [3.63, 3.8) is 0 Å². The molecule has 0 aliphatic rings. The Morgan fingerprint density at radius 2 is 1.95 bits per heavy atom. The number of rotatable bonds is 5. The summed E-state index contributed by atoms with van der Waals surface area (Å²) in [5.41, 5.74) is 7.45. The summed E-state index contributed by atoms with van der Waals surface area (Å²) in [6.45, 7) is 0. The number of para-hydroxylation sites is 1. The number of nitrogen functional groups attached to an aromatic ring is 1. The number of nitrogens with one attached hydrogen (secondary N) is 1. The molecular formula is C15H15BrN2OS. The van der Waals surface area contributed by atoms with E-state index < -0.39 is 0 Å². The fourth-order valence-electron chi connectivity index (χ4n) is 1.63. The van der Waals surface area contributed by atoms with E-state index in [1.54, 1.807) is 11.8 Å². The maximum absolute atomic E-state index is 11.8. The molecule has 0 fully saturated rings. The molecule has 104 valence electrons. The first-order valence-electron chi connectivity index (χ1n) is 6.18. The van der Waals surface area contributed by atoms with Crippen LogP contribution in [0.2, 0.25) is 0 Å². The van der Waals surface area contributed by atoms with Crippen LogP contribution in [0.5, 0.6) is 0 Å². The van der Waals surface area contributed by atoms with E-state index >= 15 is 0 Å². The van der Waals surface area contributed by atoms with E-state index in [0.29, 0.717) is 12.2 Å². The topological polar surface area (TPSA) is 55.1 Å². The summed E-state index contributed by atoms with van der Waals surface area (Å²) in [6, 6.07) is 15.2. The Morgan fingerprint density at radius 1 is 1.20 bits per heavy atom. The number of halogens is 1. The summed E-state index contributed by atoms with van der Waals surface area (Å²) in [7, 11) is 0. The predicted octanol–water partition coefficient (Wildman–Crippen LogP) is 4.15. The second-order valence-corrected chi connectivity index (χ2v) is 6.25. The number of amides is 1. The van der Waals surface area contributed by atoms with Crippen LogP contribution in [0.15, 0.2) is 57.9 Å². The maximum Gasteiger partial charge on any atom is 0.225 e. The number of carbonyl (C=O) groups is 1. The SMILES string of the molecule is Nc1ccc(Br)cc1SCCC(=O)Nc1ccccc1. The number of hydrogen-bond acceptors (Lipinski definition) is 3. The Morgan fingerprint density at radius 3 is 2.70 bits per heavy atom. The van der Waals surface area contributed by atoms with Gasteiger partial charge in [0.15, 0.2) is 0 Å². The molecule has 2 aromatic carbocycles. The third-order valence-corrected chi connectivity index (χ3v) is 4.19. The predicted molar refractivity (Wildman–Crippen MR) is 89.0 cm³/mol. The van der Waals surface area contributed by atoms with Gasteiger partial charge in [0.2, 0.25) is 5.91 Å². The van der Waals surface area contributed by atoms with E-state index in [4.69, 9.17) is 5.73 Å². The number of carbonyl (C=O) groups excluding carboxylic acids is 1. The smallest absolute Gasteiger partial charge is 0.225 e. The van der Waals surface area contributed by atoms with Crippen LogP contribution in [0.3, 0.4) is 0 Å². The van der Waals surface area contributed by atoms with E-state index in [9.17, 15) is 4.79 Å². The number of anilines is 2. The minimum atomic E-state index is 0.0114. The van der Waals surface area contributed by atoms with Crippen LogP contribution < -0.4 is 11.1 Å². The lowest BCUT2D eigenvalue weighted by atomic mass is 10.3. The molecule has 0 heterocycles. The molecule has 3 nitrogen and oxygen atoms in total. The molecule has 0 radical (unpaired) electrons. The standard InChI is InChI=1S/C15H15BrN2OS/c16-11-6-7-13(17)14(10-11)20-9-8-15(19)18-12-4-2-1-3-5-12/h1-7,10H,8-9,17H2,(H,18,19). The fourth-order valence-corrected chi connectivity index (χ4v) is 3.10. The van der Waals surface area contributed by atoms with Gasteiger partial charge in [-0.15, -0.1) is 11.8 Å². The monoisotopic (exact) mass is 350 g/mol. The van der Waals surface area contributed by atoms with Crippen LogP contribution in [-0.2, 0) is 4.79 Å². The van der Waals surface area contributed by atoms with Gasteiger partial charge >= 0.3 is 0 Å². The summed E-state index contributed by atoms with van der Waals surface area (Å²) < 4.78 is 0.989. The van der Waals surface area contributed by atoms with Crippen LogP contribution in [0.25, 0.3) is 0 Å². The zero-order valence-electron chi connectivity index (χ0n) is 10.8. The van der Waals surface area contributed by atoms with Crippen LogP contribution >= 0.6 is 27.7 Å². The first-order chi connectivity index (χ1) is 9.65. The van der Waals surface area contributed by atoms with Crippen molar-refractivity contribution < 1.29 is 4.79 Å². The van der Waals surface area contributed by atoms with Gasteiger partial charge in [0.25, 0.3) is 0 Å². The molecule has 0 aliphatic heterocycles. The van der Waals surface area contributed by atoms with Gasteiger partial charge in [-0.3, -0.25) is 4.79 Å². The highest BCUT2D eigenvalue weighted by molar-refractivity contribution is 9.10. The molecule has 0 bridgehead atoms. The van der Waals surface area contributed by atoms with Gasteiger partial charge in [-0.2, -0.15) is 0 Å². The number of nitrogens with two attached hydrogens (primary N) is 1. The number of benzene rings is 2. The van der Waals surface area contributed by atoms with Gasteiger partial charge in [-0.05, 0) is 30.3 Å². The van der Waals surface area contributed by atoms with Crippen molar-refractivity contribution in [1.29, 1.82) is 0 Å². The molecule has 0 spiro atoms. The van der Waals surface area contributed by atoms with Gasteiger partial charge in [0.1, 0.15) is 0 Å². The van der Waals surface area contributed by atoms with E-state index in [0.717, 1.165) is 20.7 Å². The van der Waals surface area contributed by atoms with Crippen molar-refractivity contribution in [3.8, 4) is 0 Å². The van der Waals surface area contributed by atoms with Crippen molar-refractivity contribution in [2.24, 2.45) is 0 Å². The summed E-state index contributed by atoms with van der Waals surface area (Å²) in [5.74, 6) is 0.705. The van der Waals surface area contributed by atoms with Crippen molar-refractivity contribution in [1.82, 2.24) is 0 Å². The van der Waals surface area contributed by atoms with E-state index in [-0.39, 0.29) is 5.91 Å². The fraction of sp³-hybridized carbons (Fsp3) is 0.133. The second-order valence-electron chi connectivity index (χ2n) is 4.19. The Balaban J connectivity index is 1.81. The molecule has 3 N–H and O–H groups in total. The molecule has 0 atom stereocenters. The third kappa shape index (κ3) is 4.58. The van der Waals surface area contributed by atoms with E-state index in [2.05, 4.69) is 21.2 Å². The molecule has 0 aliphatic carbocycles. The Kier molecular flexibility index (Phi) is 5.49. The highest BCUT2D eigenvalue weighted by atomic mass is 79.9. The largest absolute Gasteiger partial charge is 0.398 e. The van der Waals surface area contributed by atoms with E-state index in [1.165, 1.54) is 0 Å². The Bertz CT molecular complexity index is 590. The van der Waals surface area contributed by atoms with Gasteiger partial charge < -0.3 is 11.1 Å². The summed E-state index contributed by atoms with van der Waals surface area (Å²) >= 11 is 5.00. The first-order valence-corrected chi connectivity index (χ1v) is 7.96. The molecule has 2 rings (SSSR count). The van der Waals surface area contributed by atoms with Crippen LogP contribution in [-0.4, -0.2) is 11.7 Å². The van der Waals surface area contributed by atoms with Gasteiger partial charge in [0.05, 0.1) is 0 Å². The molecule has 0 saturated heterocycles. The van der Waals surface area contributed by atoms with Crippen LogP contribution in [0.4, 0.5) is 11.4 Å². The molecule has 5 heteroatoms. The molecule has 20 heavy (non-hydrogen) atoms. The van der Waals surface area contributed by atoms with Crippen molar-refractivity contribution in [3.05, 3.63) is 53.0 Å². The second kappa shape index (κ2) is 7.36. The molecule has 2 aromatic rings. The number of hydrogen-bond donors (Lipinski definition) is 2. The lowest BCUT2D eigenvalue weighted by Crippen LogP contribution is -2.11.